The summed E-state index contributed by atoms with van der Waals surface area (Å²) in [5.74, 6) is -0.0647. The van der Waals surface area contributed by atoms with Crippen molar-refractivity contribution in [2.75, 3.05) is 0 Å². The Hall–Kier alpha value is -1.63. The number of sulfonamides is 1. The van der Waals surface area contributed by atoms with E-state index < -0.39 is 15.8 Å². The van der Waals surface area contributed by atoms with Gasteiger partial charge in [0.1, 0.15) is 18.2 Å². The minimum absolute atomic E-state index is 0.00221. The van der Waals surface area contributed by atoms with Gasteiger partial charge in [0.2, 0.25) is 10.0 Å². The number of hydrogen-bond donors (Lipinski definition) is 1. The molecule has 0 bridgehead atoms. The normalized spacial score (nSPS) is 11.3. The van der Waals surface area contributed by atoms with Crippen LogP contribution >= 0.6 is 11.6 Å². The van der Waals surface area contributed by atoms with Crippen LogP contribution in [-0.2, 0) is 16.6 Å². The van der Waals surface area contributed by atoms with Crippen LogP contribution in [0.2, 0.25) is 5.02 Å². The molecule has 7 heteroatoms. The molecule has 0 saturated heterocycles. The van der Waals surface area contributed by atoms with E-state index in [1.807, 2.05) is 0 Å². The molecule has 0 amide bonds. The summed E-state index contributed by atoms with van der Waals surface area (Å²) >= 11 is 5.57. The van der Waals surface area contributed by atoms with E-state index in [4.69, 9.17) is 21.5 Å². The lowest BCUT2D eigenvalue weighted by atomic mass is 10.2. The van der Waals surface area contributed by atoms with Crippen LogP contribution in [-0.4, -0.2) is 8.42 Å². The van der Waals surface area contributed by atoms with E-state index in [9.17, 15) is 12.8 Å². The van der Waals surface area contributed by atoms with E-state index >= 15 is 0 Å². The molecule has 2 aromatic rings. The van der Waals surface area contributed by atoms with Gasteiger partial charge in [-0.25, -0.2) is 17.9 Å². The zero-order chi connectivity index (χ0) is 14.8. The Morgan fingerprint density at radius 2 is 1.80 bits per heavy atom. The Morgan fingerprint density at radius 1 is 1.15 bits per heavy atom. The second kappa shape index (κ2) is 5.78. The van der Waals surface area contributed by atoms with E-state index in [0.717, 1.165) is 0 Å². The Balaban J connectivity index is 2.06. The second-order valence-electron chi connectivity index (χ2n) is 4.05. The minimum atomic E-state index is -3.72. The van der Waals surface area contributed by atoms with Crippen molar-refractivity contribution in [2.24, 2.45) is 5.14 Å². The van der Waals surface area contributed by atoms with Crippen LogP contribution in [0.25, 0.3) is 0 Å². The van der Waals surface area contributed by atoms with Crippen molar-refractivity contribution in [3.8, 4) is 5.75 Å². The predicted octanol–water partition coefficient (Wildman–Crippen LogP) is 2.71. The summed E-state index contributed by atoms with van der Waals surface area (Å²) in [4.78, 5) is 0.00221. The molecule has 4 nitrogen and oxygen atoms in total. The third kappa shape index (κ3) is 3.69. The van der Waals surface area contributed by atoms with Gasteiger partial charge in [0.25, 0.3) is 0 Å². The smallest absolute Gasteiger partial charge is 0.238 e. The lowest BCUT2D eigenvalue weighted by molar-refractivity contribution is 0.305. The van der Waals surface area contributed by atoms with Crippen molar-refractivity contribution >= 4 is 21.6 Å². The van der Waals surface area contributed by atoms with Crippen molar-refractivity contribution in [1.82, 2.24) is 0 Å². The molecular formula is C13H11ClFNO3S. The van der Waals surface area contributed by atoms with E-state index in [-0.39, 0.29) is 16.5 Å². The molecule has 20 heavy (non-hydrogen) atoms. The van der Waals surface area contributed by atoms with Crippen molar-refractivity contribution in [1.29, 1.82) is 0 Å². The highest BCUT2D eigenvalue weighted by molar-refractivity contribution is 7.89. The molecule has 0 fully saturated rings. The summed E-state index contributed by atoms with van der Waals surface area (Å²) < 4.78 is 40.8. The maximum absolute atomic E-state index is 13.2. The average Bonchev–Trinajstić information content (AvgIpc) is 2.40. The highest BCUT2D eigenvalue weighted by atomic mass is 35.5. The first kappa shape index (κ1) is 14.8. The number of nitrogens with two attached hydrogens (primary N) is 1. The van der Waals surface area contributed by atoms with Crippen molar-refractivity contribution in [3.05, 3.63) is 58.9 Å². The zero-order valence-corrected chi connectivity index (χ0v) is 11.8. The maximum Gasteiger partial charge on any atom is 0.238 e. The molecule has 2 rings (SSSR count). The van der Waals surface area contributed by atoms with Crippen LogP contribution in [0, 0.1) is 5.82 Å². The van der Waals surface area contributed by atoms with Crippen LogP contribution < -0.4 is 9.88 Å². The van der Waals surface area contributed by atoms with Gasteiger partial charge in [0, 0.05) is 0 Å². The topological polar surface area (TPSA) is 69.4 Å². The predicted molar refractivity (Wildman–Crippen MR) is 73.6 cm³/mol. The van der Waals surface area contributed by atoms with Gasteiger partial charge in [0.05, 0.1) is 9.92 Å². The fraction of sp³-hybridized carbons (Fsp3) is 0.0769. The van der Waals surface area contributed by atoms with Gasteiger partial charge in [-0.15, -0.1) is 0 Å². The lowest BCUT2D eigenvalue weighted by Gasteiger charge is -2.07. The van der Waals surface area contributed by atoms with Crippen LogP contribution in [0.5, 0.6) is 5.75 Å². The van der Waals surface area contributed by atoms with Crippen LogP contribution in [0.4, 0.5) is 4.39 Å². The SMILES string of the molecule is NS(=O)(=O)c1ccc(OCc2ccc(Cl)c(F)c2)cc1. The van der Waals surface area contributed by atoms with Gasteiger partial charge in [-0.05, 0) is 42.0 Å². The summed E-state index contributed by atoms with van der Waals surface area (Å²) in [7, 11) is -3.72. The molecule has 2 aromatic carbocycles. The molecule has 0 unspecified atom stereocenters. The average molecular weight is 316 g/mol. The molecular weight excluding hydrogens is 305 g/mol. The highest BCUT2D eigenvalue weighted by Crippen LogP contribution is 2.19. The Bertz CT molecular complexity index is 717. The van der Waals surface area contributed by atoms with Crippen molar-refractivity contribution < 1.29 is 17.5 Å². The van der Waals surface area contributed by atoms with E-state index in [2.05, 4.69) is 0 Å². The van der Waals surface area contributed by atoms with Crippen molar-refractivity contribution in [3.63, 3.8) is 0 Å². The number of halogens is 2. The second-order valence-corrected chi connectivity index (χ2v) is 6.02. The van der Waals surface area contributed by atoms with Gasteiger partial charge >= 0.3 is 0 Å². The molecule has 0 atom stereocenters. The van der Waals surface area contributed by atoms with Gasteiger partial charge in [0.15, 0.2) is 0 Å². The molecule has 106 valence electrons. The zero-order valence-electron chi connectivity index (χ0n) is 10.2. The summed E-state index contributed by atoms with van der Waals surface area (Å²) in [5.41, 5.74) is 0.613. The van der Waals surface area contributed by atoms with Gasteiger partial charge in [-0.1, -0.05) is 17.7 Å². The third-order valence-electron chi connectivity index (χ3n) is 2.54. The number of primary sulfonamides is 1. The number of ether oxygens (including phenoxy) is 1. The molecule has 0 spiro atoms. The monoisotopic (exact) mass is 315 g/mol. The van der Waals surface area contributed by atoms with E-state index in [1.165, 1.54) is 36.4 Å². The fourth-order valence-electron chi connectivity index (χ4n) is 1.52. The van der Waals surface area contributed by atoms with Gasteiger partial charge in [-0.2, -0.15) is 0 Å². The fourth-order valence-corrected chi connectivity index (χ4v) is 2.15. The Morgan fingerprint density at radius 3 is 2.35 bits per heavy atom. The summed E-state index contributed by atoms with van der Waals surface area (Å²) in [6.45, 7) is 0.142. The van der Waals surface area contributed by atoms with Gasteiger partial charge in [-0.3, -0.25) is 0 Å². The summed E-state index contributed by atoms with van der Waals surface area (Å²) in [6.07, 6.45) is 0. The molecule has 0 heterocycles. The van der Waals surface area contributed by atoms with Crippen LogP contribution in [0.3, 0.4) is 0 Å². The Kier molecular flexibility index (Phi) is 4.27. The maximum atomic E-state index is 13.2. The third-order valence-corrected chi connectivity index (χ3v) is 3.78. The van der Waals surface area contributed by atoms with Crippen LogP contribution in [0.15, 0.2) is 47.4 Å². The van der Waals surface area contributed by atoms with E-state index in [0.29, 0.717) is 11.3 Å². The summed E-state index contributed by atoms with van der Waals surface area (Å²) in [6, 6.07) is 10.0. The Labute approximate surface area is 121 Å². The largest absolute Gasteiger partial charge is 0.489 e. The molecule has 0 aromatic heterocycles. The van der Waals surface area contributed by atoms with Crippen LogP contribution in [0.1, 0.15) is 5.56 Å². The van der Waals surface area contributed by atoms with Crippen molar-refractivity contribution in [2.45, 2.75) is 11.5 Å². The first-order valence-electron chi connectivity index (χ1n) is 5.56. The molecule has 0 saturated carbocycles. The lowest BCUT2D eigenvalue weighted by Crippen LogP contribution is -2.11. The van der Waals surface area contributed by atoms with Gasteiger partial charge < -0.3 is 4.74 Å². The number of benzene rings is 2. The van der Waals surface area contributed by atoms with E-state index in [1.54, 1.807) is 6.07 Å². The molecule has 0 aliphatic rings. The first-order chi connectivity index (χ1) is 9.36. The molecule has 2 N–H and O–H groups in total. The molecule has 0 radical (unpaired) electrons. The standard InChI is InChI=1S/C13H11ClFNO3S/c14-12-6-1-9(7-13(12)15)8-19-10-2-4-11(5-3-10)20(16,17)18/h1-7H,8H2,(H2,16,17,18). The first-order valence-corrected chi connectivity index (χ1v) is 7.48. The number of rotatable bonds is 4. The molecule has 0 aliphatic carbocycles. The minimum Gasteiger partial charge on any atom is -0.489 e. The quantitative estimate of drug-likeness (QED) is 0.943. The number of hydrogen-bond acceptors (Lipinski definition) is 3. The molecule has 0 aliphatic heterocycles. The summed E-state index contributed by atoms with van der Waals surface area (Å²) in [5, 5.41) is 5.03. The highest BCUT2D eigenvalue weighted by Gasteiger charge is 2.07.